The highest BCUT2D eigenvalue weighted by Crippen LogP contribution is 2.32. The van der Waals surface area contributed by atoms with Crippen LogP contribution in [0, 0.1) is 0 Å². The SMILES string of the molecule is CN(C)CCN(C)c1cccc2nc(CN(C)C3CCCc4cccnc43)cn12. The first-order valence-electron chi connectivity index (χ1n) is 10.5. The molecule has 6 heteroatoms. The molecule has 0 fully saturated rings. The molecule has 29 heavy (non-hydrogen) atoms. The third-order valence-electron chi connectivity index (χ3n) is 5.90. The summed E-state index contributed by atoms with van der Waals surface area (Å²) in [5, 5.41) is 0. The van der Waals surface area contributed by atoms with Crippen LogP contribution in [0.1, 0.15) is 35.8 Å². The average molecular weight is 393 g/mol. The van der Waals surface area contributed by atoms with Crippen molar-refractivity contribution in [1.82, 2.24) is 24.2 Å². The summed E-state index contributed by atoms with van der Waals surface area (Å²) in [6, 6.07) is 11.0. The van der Waals surface area contributed by atoms with Gasteiger partial charge in [-0.1, -0.05) is 12.1 Å². The minimum Gasteiger partial charge on any atom is -0.359 e. The van der Waals surface area contributed by atoms with Crippen LogP contribution in [-0.2, 0) is 13.0 Å². The Morgan fingerprint density at radius 1 is 1.07 bits per heavy atom. The number of aryl methyl sites for hydroxylation is 1. The second kappa shape index (κ2) is 8.51. The molecule has 0 aromatic carbocycles. The molecule has 3 aromatic rings. The smallest absolute Gasteiger partial charge is 0.138 e. The van der Waals surface area contributed by atoms with Gasteiger partial charge in [-0.2, -0.15) is 0 Å². The molecule has 154 valence electrons. The number of hydrogen-bond acceptors (Lipinski definition) is 5. The summed E-state index contributed by atoms with van der Waals surface area (Å²) < 4.78 is 2.21. The van der Waals surface area contributed by atoms with E-state index < -0.39 is 0 Å². The van der Waals surface area contributed by atoms with Gasteiger partial charge in [-0.15, -0.1) is 0 Å². The van der Waals surface area contributed by atoms with Crippen LogP contribution in [-0.4, -0.2) is 65.4 Å². The lowest BCUT2D eigenvalue weighted by atomic mass is 9.91. The van der Waals surface area contributed by atoms with Crippen LogP contribution in [0.25, 0.3) is 5.65 Å². The summed E-state index contributed by atoms with van der Waals surface area (Å²) in [5.74, 6) is 1.18. The molecule has 6 nitrogen and oxygen atoms in total. The Hall–Kier alpha value is -2.44. The maximum Gasteiger partial charge on any atom is 0.138 e. The second-order valence-electron chi connectivity index (χ2n) is 8.44. The number of nitrogens with zero attached hydrogens (tertiary/aromatic N) is 6. The molecule has 3 heterocycles. The van der Waals surface area contributed by atoms with Crippen molar-refractivity contribution in [3.05, 3.63) is 59.7 Å². The number of fused-ring (bicyclic) bond motifs is 2. The Kier molecular flexibility index (Phi) is 5.83. The fraction of sp³-hybridized carbons (Fsp3) is 0.478. The van der Waals surface area contributed by atoms with Crippen molar-refractivity contribution < 1.29 is 0 Å². The number of rotatable bonds is 7. The monoisotopic (exact) mass is 392 g/mol. The molecule has 0 saturated carbocycles. The lowest BCUT2D eigenvalue weighted by Crippen LogP contribution is -2.29. The van der Waals surface area contributed by atoms with Gasteiger partial charge in [0.1, 0.15) is 11.5 Å². The number of likely N-dealkylation sites (N-methyl/N-ethyl adjacent to an activating group) is 2. The topological polar surface area (TPSA) is 39.9 Å². The zero-order valence-electron chi connectivity index (χ0n) is 18.0. The maximum atomic E-state index is 4.91. The first-order valence-corrected chi connectivity index (χ1v) is 10.5. The van der Waals surface area contributed by atoms with Crippen molar-refractivity contribution in [2.24, 2.45) is 0 Å². The van der Waals surface area contributed by atoms with E-state index in [1.807, 2.05) is 6.20 Å². The third kappa shape index (κ3) is 4.28. The summed E-state index contributed by atoms with van der Waals surface area (Å²) in [6.07, 6.45) is 7.64. The first-order chi connectivity index (χ1) is 14.0. The molecule has 1 atom stereocenters. The second-order valence-corrected chi connectivity index (χ2v) is 8.44. The zero-order valence-corrected chi connectivity index (χ0v) is 18.0. The fourth-order valence-corrected chi connectivity index (χ4v) is 4.28. The molecule has 0 spiro atoms. The van der Waals surface area contributed by atoms with Gasteiger partial charge in [0.05, 0.1) is 17.4 Å². The molecule has 1 aliphatic rings. The molecule has 0 amide bonds. The molecular formula is C23H32N6. The Morgan fingerprint density at radius 2 is 1.93 bits per heavy atom. The lowest BCUT2D eigenvalue weighted by molar-refractivity contribution is 0.206. The quantitative estimate of drug-likeness (QED) is 0.617. The largest absolute Gasteiger partial charge is 0.359 e. The predicted molar refractivity (Wildman–Crippen MR) is 118 cm³/mol. The van der Waals surface area contributed by atoms with Gasteiger partial charge >= 0.3 is 0 Å². The molecule has 0 saturated heterocycles. The van der Waals surface area contributed by atoms with Crippen LogP contribution in [0.2, 0.25) is 0 Å². The fourth-order valence-electron chi connectivity index (χ4n) is 4.28. The summed E-state index contributed by atoms with van der Waals surface area (Å²) in [7, 11) is 8.56. The standard InChI is InChI=1S/C23H32N6/c1-26(2)14-15-27(3)22-12-6-11-21-25-19(17-29(21)22)16-28(4)20-10-5-8-18-9-7-13-24-23(18)20/h6-7,9,11-13,17,20H,5,8,10,14-16H2,1-4H3. The molecule has 0 aliphatic heterocycles. The summed E-state index contributed by atoms with van der Waals surface area (Å²) in [6.45, 7) is 2.82. The Morgan fingerprint density at radius 3 is 2.76 bits per heavy atom. The van der Waals surface area contributed by atoms with Gasteiger partial charge < -0.3 is 9.80 Å². The Balaban J connectivity index is 1.54. The van der Waals surface area contributed by atoms with Gasteiger partial charge in [0, 0.05) is 39.1 Å². The van der Waals surface area contributed by atoms with Gasteiger partial charge in [-0.05, 0) is 64.2 Å². The minimum absolute atomic E-state index is 0.368. The van der Waals surface area contributed by atoms with Crippen LogP contribution in [0.15, 0.2) is 42.7 Å². The Bertz CT molecular complexity index is 963. The summed E-state index contributed by atoms with van der Waals surface area (Å²) >= 11 is 0. The molecule has 0 bridgehead atoms. The number of hydrogen-bond donors (Lipinski definition) is 0. The van der Waals surface area contributed by atoms with Crippen molar-refractivity contribution >= 4 is 11.5 Å². The lowest BCUT2D eigenvalue weighted by Gasteiger charge is -2.31. The molecule has 4 rings (SSSR count). The minimum atomic E-state index is 0.368. The van der Waals surface area contributed by atoms with E-state index in [4.69, 9.17) is 9.97 Å². The van der Waals surface area contributed by atoms with Gasteiger partial charge in [-0.3, -0.25) is 14.3 Å². The zero-order chi connectivity index (χ0) is 20.4. The molecule has 3 aromatic heterocycles. The van der Waals surface area contributed by atoms with Crippen LogP contribution in [0.3, 0.4) is 0 Å². The van der Waals surface area contributed by atoms with Crippen molar-refractivity contribution in [2.75, 3.05) is 46.2 Å². The van der Waals surface area contributed by atoms with Crippen molar-refractivity contribution in [1.29, 1.82) is 0 Å². The van der Waals surface area contributed by atoms with E-state index in [0.29, 0.717) is 6.04 Å². The van der Waals surface area contributed by atoms with E-state index in [2.05, 4.69) is 83.8 Å². The van der Waals surface area contributed by atoms with E-state index in [1.165, 1.54) is 23.5 Å². The Labute approximate surface area is 173 Å². The van der Waals surface area contributed by atoms with Crippen LogP contribution in [0.5, 0.6) is 0 Å². The van der Waals surface area contributed by atoms with E-state index in [-0.39, 0.29) is 0 Å². The first kappa shape index (κ1) is 19.9. The van der Waals surface area contributed by atoms with Crippen molar-refractivity contribution in [2.45, 2.75) is 31.8 Å². The number of anilines is 1. The highest BCUT2D eigenvalue weighted by atomic mass is 15.2. The van der Waals surface area contributed by atoms with E-state index in [1.54, 1.807) is 0 Å². The van der Waals surface area contributed by atoms with Gasteiger partial charge in [0.15, 0.2) is 0 Å². The number of pyridine rings is 2. The number of aromatic nitrogens is 3. The van der Waals surface area contributed by atoms with Crippen molar-refractivity contribution in [3.8, 4) is 0 Å². The average Bonchev–Trinajstić information content (AvgIpc) is 3.13. The maximum absolute atomic E-state index is 4.91. The summed E-state index contributed by atoms with van der Waals surface area (Å²) in [5.41, 5.74) is 4.75. The van der Waals surface area contributed by atoms with Crippen molar-refractivity contribution in [3.63, 3.8) is 0 Å². The molecule has 1 unspecified atom stereocenters. The highest BCUT2D eigenvalue weighted by molar-refractivity contribution is 5.52. The van der Waals surface area contributed by atoms with Gasteiger partial charge in [0.25, 0.3) is 0 Å². The molecule has 1 aliphatic carbocycles. The summed E-state index contributed by atoms with van der Waals surface area (Å²) in [4.78, 5) is 16.5. The van der Waals surface area contributed by atoms with E-state index >= 15 is 0 Å². The van der Waals surface area contributed by atoms with E-state index in [9.17, 15) is 0 Å². The molecule has 0 N–H and O–H groups in total. The third-order valence-corrected chi connectivity index (χ3v) is 5.90. The normalized spacial score (nSPS) is 16.6. The molecular weight excluding hydrogens is 360 g/mol. The molecule has 0 radical (unpaired) electrons. The number of imidazole rings is 1. The van der Waals surface area contributed by atoms with Crippen LogP contribution >= 0.6 is 0 Å². The van der Waals surface area contributed by atoms with Gasteiger partial charge in [0.2, 0.25) is 0 Å². The van der Waals surface area contributed by atoms with Crippen LogP contribution < -0.4 is 4.90 Å². The predicted octanol–water partition coefficient (Wildman–Crippen LogP) is 3.24. The van der Waals surface area contributed by atoms with E-state index in [0.717, 1.165) is 43.8 Å². The highest BCUT2D eigenvalue weighted by Gasteiger charge is 2.25. The van der Waals surface area contributed by atoms with Crippen LogP contribution in [0.4, 0.5) is 5.82 Å². The van der Waals surface area contributed by atoms with Gasteiger partial charge in [-0.25, -0.2) is 4.98 Å².